The van der Waals surface area contributed by atoms with Crippen molar-refractivity contribution >= 4 is 45.3 Å². The van der Waals surface area contributed by atoms with Crippen molar-refractivity contribution < 1.29 is 0 Å². The van der Waals surface area contributed by atoms with Gasteiger partial charge in [-0.1, -0.05) is 23.9 Å². The molecule has 0 unspecified atom stereocenters. The maximum absolute atomic E-state index is 13.4. The van der Waals surface area contributed by atoms with Gasteiger partial charge in [-0.15, -0.1) is 11.3 Å². The van der Waals surface area contributed by atoms with Crippen LogP contribution in [0.1, 0.15) is 33.4 Å². The van der Waals surface area contributed by atoms with Crippen molar-refractivity contribution in [3.05, 3.63) is 62.5 Å². The van der Waals surface area contributed by atoms with Crippen LogP contribution in [0.5, 0.6) is 0 Å². The van der Waals surface area contributed by atoms with Gasteiger partial charge in [0.25, 0.3) is 5.56 Å². The summed E-state index contributed by atoms with van der Waals surface area (Å²) in [6.07, 6.45) is 0. The number of thioether (sulfide) groups is 1. The van der Waals surface area contributed by atoms with Gasteiger partial charge in [0.2, 0.25) is 0 Å². The molecule has 168 valence electrons. The maximum Gasteiger partial charge on any atom is 0.262 e. The number of benzene rings is 1. The molecule has 0 aliphatic carbocycles. The molecule has 0 saturated carbocycles. The zero-order valence-corrected chi connectivity index (χ0v) is 21.3. The topological polar surface area (TPSA) is 51.0 Å². The molecule has 0 spiro atoms. The summed E-state index contributed by atoms with van der Waals surface area (Å²) in [5.41, 5.74) is 2.96. The number of rotatable bonds is 9. The van der Waals surface area contributed by atoms with E-state index in [4.69, 9.17) is 9.97 Å². The van der Waals surface area contributed by atoms with Crippen LogP contribution in [0.3, 0.4) is 0 Å². The quantitative estimate of drug-likeness (QED) is 0.216. The fourth-order valence-electron chi connectivity index (χ4n) is 3.81. The largest absolute Gasteiger partial charge is 0.297 e. The van der Waals surface area contributed by atoms with Gasteiger partial charge in [0.05, 0.1) is 16.6 Å². The molecule has 4 aromatic rings. The van der Waals surface area contributed by atoms with Crippen molar-refractivity contribution in [3.8, 4) is 10.6 Å². The second-order valence-corrected chi connectivity index (χ2v) is 10.8. The summed E-state index contributed by atoms with van der Waals surface area (Å²) < 4.78 is 1.84. The lowest BCUT2D eigenvalue weighted by Crippen LogP contribution is -2.40. The van der Waals surface area contributed by atoms with E-state index < -0.39 is 0 Å². The lowest BCUT2D eigenvalue weighted by Gasteiger charge is -2.30. The van der Waals surface area contributed by atoms with Crippen LogP contribution in [-0.4, -0.2) is 38.1 Å². The number of aromatic nitrogens is 3. The Hall–Kier alpha value is -2.00. The normalized spacial score (nSPS) is 12.0. The smallest absolute Gasteiger partial charge is 0.262 e. The number of thiazole rings is 1. The standard InChI is InChI=1S/C24H28N4OS3/c1-16(2)27(17(3)4)10-11-28-23(29)20-7-5-6-8-21(20)26-24(28)32-15-19-14-31-22(25-19)18-9-12-30-13-18/h5-9,12-14,16-17H,10-11,15H2,1-4H3. The predicted octanol–water partition coefficient (Wildman–Crippen LogP) is 5.99. The predicted molar refractivity (Wildman–Crippen MR) is 138 cm³/mol. The lowest BCUT2D eigenvalue weighted by molar-refractivity contribution is 0.166. The van der Waals surface area contributed by atoms with Crippen LogP contribution in [0, 0.1) is 0 Å². The van der Waals surface area contributed by atoms with Gasteiger partial charge in [0, 0.05) is 47.2 Å². The van der Waals surface area contributed by atoms with Crippen LogP contribution >= 0.6 is 34.4 Å². The molecule has 0 atom stereocenters. The number of para-hydroxylation sites is 1. The highest BCUT2D eigenvalue weighted by atomic mass is 32.2. The Labute approximate surface area is 201 Å². The van der Waals surface area contributed by atoms with Gasteiger partial charge < -0.3 is 0 Å². The summed E-state index contributed by atoms with van der Waals surface area (Å²) in [7, 11) is 0. The van der Waals surface area contributed by atoms with Gasteiger partial charge in [-0.3, -0.25) is 14.3 Å². The maximum atomic E-state index is 13.4. The third-order valence-corrected chi connectivity index (χ3v) is 8.04. The van der Waals surface area contributed by atoms with Gasteiger partial charge in [0.1, 0.15) is 5.01 Å². The lowest BCUT2D eigenvalue weighted by atomic mass is 10.2. The zero-order valence-electron chi connectivity index (χ0n) is 18.8. The second-order valence-electron chi connectivity index (χ2n) is 8.24. The minimum absolute atomic E-state index is 0.0304. The highest BCUT2D eigenvalue weighted by Crippen LogP contribution is 2.29. The van der Waals surface area contributed by atoms with E-state index in [0.29, 0.717) is 29.8 Å². The molecule has 4 rings (SSSR count). The molecular weight excluding hydrogens is 456 g/mol. The summed E-state index contributed by atoms with van der Waals surface area (Å²) >= 11 is 4.93. The zero-order chi connectivity index (χ0) is 22.7. The molecule has 8 heteroatoms. The van der Waals surface area contributed by atoms with E-state index in [2.05, 4.69) is 54.8 Å². The molecule has 3 heterocycles. The minimum Gasteiger partial charge on any atom is -0.297 e. The first-order valence-corrected chi connectivity index (χ1v) is 13.6. The van der Waals surface area contributed by atoms with Gasteiger partial charge in [-0.05, 0) is 51.3 Å². The molecule has 0 fully saturated rings. The first-order chi connectivity index (χ1) is 15.4. The Balaban J connectivity index is 1.60. The van der Waals surface area contributed by atoms with Crippen LogP contribution in [0.4, 0.5) is 0 Å². The van der Waals surface area contributed by atoms with E-state index in [1.807, 2.05) is 28.8 Å². The van der Waals surface area contributed by atoms with E-state index in [-0.39, 0.29) is 5.56 Å². The Morgan fingerprint density at radius 3 is 2.56 bits per heavy atom. The Kier molecular flexibility index (Phi) is 7.45. The van der Waals surface area contributed by atoms with E-state index in [1.165, 1.54) is 5.56 Å². The Morgan fingerprint density at radius 1 is 1.06 bits per heavy atom. The monoisotopic (exact) mass is 484 g/mol. The fraction of sp³-hybridized carbons (Fsp3) is 0.375. The molecular formula is C24H28N4OS3. The summed E-state index contributed by atoms with van der Waals surface area (Å²) in [5, 5.41) is 8.75. The first-order valence-electron chi connectivity index (χ1n) is 10.8. The number of thiophene rings is 1. The molecule has 0 aliphatic rings. The highest BCUT2D eigenvalue weighted by Gasteiger charge is 2.17. The molecule has 5 nitrogen and oxygen atoms in total. The molecule has 1 aromatic carbocycles. The van der Waals surface area contributed by atoms with Crippen LogP contribution in [-0.2, 0) is 12.3 Å². The molecule has 0 amide bonds. The van der Waals surface area contributed by atoms with Crippen molar-refractivity contribution in [1.29, 1.82) is 0 Å². The summed E-state index contributed by atoms with van der Waals surface area (Å²) in [4.78, 5) is 25.4. The van der Waals surface area contributed by atoms with Crippen molar-refractivity contribution in [2.24, 2.45) is 0 Å². The van der Waals surface area contributed by atoms with E-state index >= 15 is 0 Å². The van der Waals surface area contributed by atoms with Crippen LogP contribution in [0.15, 0.2) is 56.4 Å². The average molecular weight is 485 g/mol. The van der Waals surface area contributed by atoms with Crippen molar-refractivity contribution in [1.82, 2.24) is 19.4 Å². The third kappa shape index (κ3) is 5.14. The second kappa shape index (κ2) is 10.3. The van der Waals surface area contributed by atoms with Gasteiger partial charge in [-0.25, -0.2) is 9.97 Å². The summed E-state index contributed by atoms with van der Waals surface area (Å²) in [6, 6.07) is 10.5. The fourth-order valence-corrected chi connectivity index (χ4v) is 6.37. The Morgan fingerprint density at radius 2 is 1.84 bits per heavy atom. The molecule has 0 saturated heterocycles. The average Bonchev–Trinajstić information content (AvgIpc) is 3.45. The molecule has 0 N–H and O–H groups in total. The number of hydrogen-bond donors (Lipinski definition) is 0. The number of nitrogens with zero attached hydrogens (tertiary/aromatic N) is 4. The van der Waals surface area contributed by atoms with Crippen LogP contribution < -0.4 is 5.56 Å². The minimum atomic E-state index is 0.0304. The van der Waals surface area contributed by atoms with Gasteiger partial charge in [-0.2, -0.15) is 11.3 Å². The van der Waals surface area contributed by atoms with E-state index in [9.17, 15) is 4.79 Å². The first kappa shape index (κ1) is 23.2. The van der Waals surface area contributed by atoms with E-state index in [0.717, 1.165) is 27.9 Å². The highest BCUT2D eigenvalue weighted by molar-refractivity contribution is 7.98. The van der Waals surface area contributed by atoms with Crippen molar-refractivity contribution in [2.75, 3.05) is 6.54 Å². The SMILES string of the molecule is CC(C)N(CCn1c(SCc2csc(-c3ccsc3)n2)nc2ccccc2c1=O)C(C)C. The van der Waals surface area contributed by atoms with Crippen LogP contribution in [0.2, 0.25) is 0 Å². The van der Waals surface area contributed by atoms with E-state index in [1.54, 1.807) is 34.4 Å². The van der Waals surface area contributed by atoms with Crippen LogP contribution in [0.25, 0.3) is 21.5 Å². The summed E-state index contributed by atoms with van der Waals surface area (Å²) in [5.74, 6) is 0.684. The molecule has 0 aliphatic heterocycles. The van der Waals surface area contributed by atoms with Crippen molar-refractivity contribution in [2.45, 2.75) is 57.2 Å². The molecule has 32 heavy (non-hydrogen) atoms. The number of hydrogen-bond acceptors (Lipinski definition) is 7. The van der Waals surface area contributed by atoms with Crippen molar-refractivity contribution in [3.63, 3.8) is 0 Å². The third-order valence-electron chi connectivity index (χ3n) is 5.40. The number of fused-ring (bicyclic) bond motifs is 1. The van der Waals surface area contributed by atoms with Gasteiger partial charge in [0.15, 0.2) is 5.16 Å². The molecule has 3 aromatic heterocycles. The molecule has 0 bridgehead atoms. The molecule has 0 radical (unpaired) electrons. The summed E-state index contributed by atoms with van der Waals surface area (Å²) in [6.45, 7) is 10.2. The Bertz CT molecular complexity index is 1220. The van der Waals surface area contributed by atoms with Gasteiger partial charge >= 0.3 is 0 Å².